The molecule has 3 saturated carbocycles. The highest BCUT2D eigenvalue weighted by atomic mass is 16.6. The van der Waals surface area contributed by atoms with Crippen LogP contribution in [-0.4, -0.2) is 23.6 Å². The lowest BCUT2D eigenvalue weighted by Crippen LogP contribution is -2.55. The van der Waals surface area contributed by atoms with Crippen LogP contribution in [0.4, 0.5) is 0 Å². The van der Waals surface area contributed by atoms with Gasteiger partial charge in [0, 0.05) is 25.7 Å². The molecule has 7 unspecified atom stereocenters. The number of allylic oxidation sites excluding steroid dienone is 1. The van der Waals surface area contributed by atoms with Gasteiger partial charge in [0.2, 0.25) is 0 Å². The summed E-state index contributed by atoms with van der Waals surface area (Å²) >= 11 is 0. The molecule has 4 aliphatic carbocycles. The average molecular weight is 403 g/mol. The number of hydrogen-bond acceptors (Lipinski definition) is 4. The highest BCUT2D eigenvalue weighted by Crippen LogP contribution is 2.68. The maximum absolute atomic E-state index is 11.9. The molecule has 4 nitrogen and oxygen atoms in total. The molecular formula is C25H38O4. The molecule has 7 atom stereocenters. The number of carbonyl (C=O) groups is 2. The molecule has 4 aliphatic rings. The number of hydrogen-bond donors (Lipinski definition) is 0. The molecule has 0 amide bonds. The van der Waals surface area contributed by atoms with Gasteiger partial charge in [-0.2, -0.15) is 0 Å². The summed E-state index contributed by atoms with van der Waals surface area (Å²) < 4.78 is 11.6. The standard InChI is InChI=1S/C25H38O4/c1-6-25(29-17(3)27)14-11-22-20-8-7-18-15-19(28-16(2)26)9-12-23(18,4)21(20)10-13-24(22,25)5/h7,19-22H,6,8-15H2,1-5H3. The monoisotopic (exact) mass is 402 g/mol. The molecule has 3 fully saturated rings. The Morgan fingerprint density at radius 3 is 2.41 bits per heavy atom. The SMILES string of the molecule is CCC1(OC(C)=O)CCC2C3CC=C4CC(OC(C)=O)CCC4(C)C3CCC21C. The minimum Gasteiger partial charge on any atom is -0.462 e. The van der Waals surface area contributed by atoms with Crippen LogP contribution in [-0.2, 0) is 19.1 Å². The molecule has 0 aromatic heterocycles. The highest BCUT2D eigenvalue weighted by Gasteiger charge is 2.65. The average Bonchev–Trinajstić information content (AvgIpc) is 2.94. The minimum atomic E-state index is -0.285. The van der Waals surface area contributed by atoms with E-state index in [9.17, 15) is 9.59 Å². The Bertz CT molecular complexity index is 726. The third-order valence-corrected chi connectivity index (χ3v) is 9.59. The van der Waals surface area contributed by atoms with Crippen molar-refractivity contribution >= 4 is 11.9 Å². The van der Waals surface area contributed by atoms with Crippen LogP contribution in [0.25, 0.3) is 0 Å². The van der Waals surface area contributed by atoms with Gasteiger partial charge >= 0.3 is 11.9 Å². The second kappa shape index (κ2) is 7.13. The van der Waals surface area contributed by atoms with Gasteiger partial charge in [0.15, 0.2) is 0 Å². The van der Waals surface area contributed by atoms with Crippen LogP contribution >= 0.6 is 0 Å². The van der Waals surface area contributed by atoms with E-state index in [-0.39, 0.29) is 34.5 Å². The Morgan fingerprint density at radius 2 is 1.76 bits per heavy atom. The molecule has 0 heterocycles. The largest absolute Gasteiger partial charge is 0.462 e. The third-order valence-electron chi connectivity index (χ3n) is 9.59. The van der Waals surface area contributed by atoms with E-state index in [1.54, 1.807) is 6.92 Å². The predicted octanol–water partition coefficient (Wildman–Crippen LogP) is 5.59. The zero-order chi connectivity index (χ0) is 21.0. The second-order valence-electron chi connectivity index (χ2n) is 10.7. The molecule has 0 radical (unpaired) electrons. The van der Waals surface area contributed by atoms with Gasteiger partial charge in [0.05, 0.1) is 0 Å². The highest BCUT2D eigenvalue weighted by molar-refractivity contribution is 5.67. The van der Waals surface area contributed by atoms with E-state index >= 15 is 0 Å². The van der Waals surface area contributed by atoms with Crippen LogP contribution in [0.1, 0.15) is 92.4 Å². The molecule has 0 aromatic carbocycles. The molecule has 0 N–H and O–H groups in total. The molecule has 0 bridgehead atoms. The van der Waals surface area contributed by atoms with Gasteiger partial charge in [0.1, 0.15) is 11.7 Å². The summed E-state index contributed by atoms with van der Waals surface area (Å²) in [5.74, 6) is 1.72. The van der Waals surface area contributed by atoms with Crippen molar-refractivity contribution in [3.05, 3.63) is 11.6 Å². The Balaban J connectivity index is 1.60. The minimum absolute atomic E-state index is 0.0559. The van der Waals surface area contributed by atoms with Crippen LogP contribution in [0.5, 0.6) is 0 Å². The first kappa shape index (κ1) is 20.9. The molecule has 0 spiro atoms. The number of ether oxygens (including phenoxy) is 2. The van der Waals surface area contributed by atoms with Crippen molar-refractivity contribution in [1.29, 1.82) is 0 Å². The van der Waals surface area contributed by atoms with E-state index < -0.39 is 0 Å². The summed E-state index contributed by atoms with van der Waals surface area (Å²) in [4.78, 5) is 23.4. The Morgan fingerprint density at radius 1 is 1.03 bits per heavy atom. The van der Waals surface area contributed by atoms with E-state index in [1.165, 1.54) is 25.3 Å². The van der Waals surface area contributed by atoms with Gasteiger partial charge in [-0.15, -0.1) is 0 Å². The maximum atomic E-state index is 11.9. The number of fused-ring (bicyclic) bond motifs is 5. The van der Waals surface area contributed by atoms with Gasteiger partial charge in [-0.3, -0.25) is 9.59 Å². The van der Waals surface area contributed by atoms with Crippen molar-refractivity contribution in [2.45, 2.75) is 104 Å². The van der Waals surface area contributed by atoms with Crippen LogP contribution in [0, 0.1) is 28.6 Å². The van der Waals surface area contributed by atoms with Crippen LogP contribution < -0.4 is 0 Å². The number of rotatable bonds is 3. The van der Waals surface area contributed by atoms with Crippen LogP contribution in [0.3, 0.4) is 0 Å². The molecule has 29 heavy (non-hydrogen) atoms. The van der Waals surface area contributed by atoms with E-state index in [0.717, 1.165) is 44.9 Å². The molecule has 162 valence electrons. The fourth-order valence-electron chi connectivity index (χ4n) is 8.15. The predicted molar refractivity (Wildman–Crippen MR) is 112 cm³/mol. The molecule has 4 rings (SSSR count). The normalized spacial score (nSPS) is 46.0. The zero-order valence-electron chi connectivity index (χ0n) is 18.9. The lowest BCUT2D eigenvalue weighted by molar-refractivity contribution is -0.182. The van der Waals surface area contributed by atoms with Crippen LogP contribution in [0.15, 0.2) is 11.6 Å². The molecule has 4 heteroatoms. The van der Waals surface area contributed by atoms with Crippen molar-refractivity contribution in [1.82, 2.24) is 0 Å². The number of esters is 2. The lowest BCUT2D eigenvalue weighted by atomic mass is 9.47. The quantitative estimate of drug-likeness (QED) is 0.456. The summed E-state index contributed by atoms with van der Waals surface area (Å²) in [6, 6.07) is 0. The summed E-state index contributed by atoms with van der Waals surface area (Å²) in [5.41, 5.74) is 1.57. The maximum Gasteiger partial charge on any atom is 0.303 e. The molecule has 0 saturated heterocycles. The second-order valence-corrected chi connectivity index (χ2v) is 10.7. The van der Waals surface area contributed by atoms with E-state index in [2.05, 4.69) is 26.8 Å². The van der Waals surface area contributed by atoms with E-state index in [4.69, 9.17) is 9.47 Å². The van der Waals surface area contributed by atoms with Gasteiger partial charge < -0.3 is 9.47 Å². The molecule has 0 aromatic rings. The van der Waals surface area contributed by atoms with Crippen molar-refractivity contribution in [2.75, 3.05) is 0 Å². The Hall–Kier alpha value is -1.32. The first-order chi connectivity index (χ1) is 13.6. The fraction of sp³-hybridized carbons (Fsp3) is 0.840. The van der Waals surface area contributed by atoms with E-state index in [0.29, 0.717) is 17.8 Å². The van der Waals surface area contributed by atoms with Gasteiger partial charge in [-0.25, -0.2) is 0 Å². The zero-order valence-corrected chi connectivity index (χ0v) is 18.9. The van der Waals surface area contributed by atoms with Crippen LogP contribution in [0.2, 0.25) is 0 Å². The van der Waals surface area contributed by atoms with Crippen molar-refractivity contribution in [3.8, 4) is 0 Å². The number of carbonyl (C=O) groups excluding carboxylic acids is 2. The lowest BCUT2D eigenvalue weighted by Gasteiger charge is -2.59. The first-order valence-electron chi connectivity index (χ1n) is 11.7. The van der Waals surface area contributed by atoms with Crippen molar-refractivity contribution in [2.24, 2.45) is 28.6 Å². The first-order valence-corrected chi connectivity index (χ1v) is 11.7. The molecular weight excluding hydrogens is 364 g/mol. The fourth-order valence-corrected chi connectivity index (χ4v) is 8.15. The van der Waals surface area contributed by atoms with E-state index in [1.807, 2.05) is 0 Å². The van der Waals surface area contributed by atoms with Gasteiger partial charge in [0.25, 0.3) is 0 Å². The topological polar surface area (TPSA) is 52.6 Å². The summed E-state index contributed by atoms with van der Waals surface area (Å²) in [7, 11) is 0. The van der Waals surface area contributed by atoms with Crippen molar-refractivity contribution < 1.29 is 19.1 Å². The summed E-state index contributed by atoms with van der Waals surface area (Å²) in [6.07, 6.45) is 12.1. The Labute approximate surface area is 175 Å². The van der Waals surface area contributed by atoms with Crippen molar-refractivity contribution in [3.63, 3.8) is 0 Å². The van der Waals surface area contributed by atoms with Gasteiger partial charge in [-0.05, 0) is 74.5 Å². The summed E-state index contributed by atoms with van der Waals surface area (Å²) in [6.45, 7) is 10.2. The smallest absolute Gasteiger partial charge is 0.303 e. The third kappa shape index (κ3) is 3.08. The van der Waals surface area contributed by atoms with Gasteiger partial charge in [-0.1, -0.05) is 32.4 Å². The Kier molecular flexibility index (Phi) is 5.15. The molecule has 0 aliphatic heterocycles. The summed E-state index contributed by atoms with van der Waals surface area (Å²) in [5, 5.41) is 0.